The average molecular weight is 276 g/mol. The second-order valence-corrected chi connectivity index (χ2v) is 5.47. The lowest BCUT2D eigenvalue weighted by Gasteiger charge is -2.20. The first-order valence-electron chi connectivity index (χ1n) is 7.40. The van der Waals surface area contributed by atoms with Gasteiger partial charge in [0.05, 0.1) is 5.69 Å². The molecule has 0 saturated heterocycles. The summed E-state index contributed by atoms with van der Waals surface area (Å²) in [5.41, 5.74) is 2.38. The van der Waals surface area contributed by atoms with Gasteiger partial charge in [0, 0.05) is 18.3 Å². The van der Waals surface area contributed by atoms with E-state index in [1.54, 1.807) is 0 Å². The highest BCUT2D eigenvalue weighted by atomic mass is 15.0. The van der Waals surface area contributed by atoms with E-state index in [0.717, 1.165) is 5.69 Å². The van der Waals surface area contributed by atoms with Gasteiger partial charge in [-0.1, -0.05) is 42.5 Å². The van der Waals surface area contributed by atoms with Crippen LogP contribution in [0.25, 0.3) is 10.8 Å². The van der Waals surface area contributed by atoms with Crippen LogP contribution in [-0.2, 0) is 0 Å². The monoisotopic (exact) mass is 276 g/mol. The molecule has 0 amide bonds. The van der Waals surface area contributed by atoms with Gasteiger partial charge in [-0.15, -0.1) is 0 Å². The number of benzene rings is 2. The summed E-state index contributed by atoms with van der Waals surface area (Å²) >= 11 is 0. The number of nitrogens with zero attached hydrogens (tertiary/aromatic N) is 1. The first-order valence-corrected chi connectivity index (χ1v) is 7.40. The smallest absolute Gasteiger partial charge is 0.0570 e. The van der Waals surface area contributed by atoms with Gasteiger partial charge in [-0.3, -0.25) is 4.98 Å². The number of hydrogen-bond donors (Lipinski definition) is 1. The Morgan fingerprint density at radius 2 is 1.57 bits per heavy atom. The predicted molar refractivity (Wildman–Crippen MR) is 88.2 cm³/mol. The third kappa shape index (κ3) is 3.11. The van der Waals surface area contributed by atoms with E-state index >= 15 is 0 Å². The highest BCUT2D eigenvalue weighted by Gasteiger charge is 2.12. The van der Waals surface area contributed by atoms with Gasteiger partial charge in [-0.05, 0) is 48.4 Å². The largest absolute Gasteiger partial charge is 0.302 e. The third-order valence-electron chi connectivity index (χ3n) is 3.90. The Bertz CT molecular complexity index is 722. The number of fused-ring (bicyclic) bond motifs is 1. The lowest BCUT2D eigenvalue weighted by Crippen LogP contribution is -2.23. The SMILES string of the molecule is CC(NC(C)c1ccccn1)c1ccc2ccccc2c1. The summed E-state index contributed by atoms with van der Waals surface area (Å²) in [6.07, 6.45) is 1.84. The van der Waals surface area contributed by atoms with Crippen molar-refractivity contribution in [3.05, 3.63) is 78.1 Å². The molecule has 3 rings (SSSR count). The van der Waals surface area contributed by atoms with Crippen LogP contribution in [0.2, 0.25) is 0 Å². The van der Waals surface area contributed by atoms with Crippen molar-refractivity contribution in [1.82, 2.24) is 10.3 Å². The summed E-state index contributed by atoms with van der Waals surface area (Å²) in [5.74, 6) is 0. The molecule has 2 unspecified atom stereocenters. The Labute approximate surface area is 125 Å². The Morgan fingerprint density at radius 3 is 2.33 bits per heavy atom. The highest BCUT2D eigenvalue weighted by molar-refractivity contribution is 5.83. The van der Waals surface area contributed by atoms with Crippen LogP contribution in [0, 0.1) is 0 Å². The number of pyridine rings is 1. The maximum absolute atomic E-state index is 4.41. The molecule has 0 spiro atoms. The van der Waals surface area contributed by atoms with Crippen LogP contribution in [0.3, 0.4) is 0 Å². The van der Waals surface area contributed by atoms with Crippen molar-refractivity contribution >= 4 is 10.8 Å². The number of hydrogen-bond acceptors (Lipinski definition) is 2. The summed E-state index contributed by atoms with van der Waals surface area (Å²) < 4.78 is 0. The van der Waals surface area contributed by atoms with Crippen LogP contribution in [0.15, 0.2) is 66.9 Å². The Balaban J connectivity index is 1.79. The molecule has 2 aromatic carbocycles. The van der Waals surface area contributed by atoms with Crippen LogP contribution in [0.1, 0.15) is 37.2 Å². The van der Waals surface area contributed by atoms with E-state index in [2.05, 4.69) is 72.7 Å². The summed E-state index contributed by atoms with van der Waals surface area (Å²) in [5, 5.41) is 6.18. The minimum absolute atomic E-state index is 0.229. The molecular weight excluding hydrogens is 256 g/mol. The molecule has 2 nitrogen and oxygen atoms in total. The van der Waals surface area contributed by atoms with Crippen molar-refractivity contribution < 1.29 is 0 Å². The van der Waals surface area contributed by atoms with Gasteiger partial charge >= 0.3 is 0 Å². The molecule has 0 bridgehead atoms. The second-order valence-electron chi connectivity index (χ2n) is 5.47. The van der Waals surface area contributed by atoms with Crippen LogP contribution in [0.4, 0.5) is 0 Å². The van der Waals surface area contributed by atoms with Crippen molar-refractivity contribution in [2.24, 2.45) is 0 Å². The van der Waals surface area contributed by atoms with E-state index in [1.165, 1.54) is 16.3 Å². The predicted octanol–water partition coefficient (Wildman–Crippen LogP) is 4.65. The molecule has 0 saturated carbocycles. The second kappa shape index (κ2) is 6.06. The normalized spacial score (nSPS) is 14.0. The fourth-order valence-corrected chi connectivity index (χ4v) is 2.67. The molecule has 106 valence electrons. The van der Waals surface area contributed by atoms with Gasteiger partial charge < -0.3 is 5.32 Å². The summed E-state index contributed by atoms with van der Waals surface area (Å²) in [6.45, 7) is 4.35. The maximum atomic E-state index is 4.41. The van der Waals surface area contributed by atoms with Gasteiger partial charge in [0.2, 0.25) is 0 Å². The molecule has 0 aliphatic rings. The molecule has 2 atom stereocenters. The maximum Gasteiger partial charge on any atom is 0.0570 e. The lowest BCUT2D eigenvalue weighted by molar-refractivity contribution is 0.486. The summed E-state index contributed by atoms with van der Waals surface area (Å²) in [4.78, 5) is 4.41. The van der Waals surface area contributed by atoms with Crippen LogP contribution < -0.4 is 5.32 Å². The third-order valence-corrected chi connectivity index (χ3v) is 3.90. The summed E-state index contributed by atoms with van der Waals surface area (Å²) in [6, 6.07) is 21.7. The van der Waals surface area contributed by atoms with Gasteiger partial charge in [-0.2, -0.15) is 0 Å². The van der Waals surface area contributed by atoms with Crippen molar-refractivity contribution in [2.45, 2.75) is 25.9 Å². The van der Waals surface area contributed by atoms with E-state index < -0.39 is 0 Å². The van der Waals surface area contributed by atoms with Crippen molar-refractivity contribution in [1.29, 1.82) is 0 Å². The number of aromatic nitrogens is 1. The molecule has 21 heavy (non-hydrogen) atoms. The van der Waals surface area contributed by atoms with Gasteiger partial charge in [0.25, 0.3) is 0 Å². The fraction of sp³-hybridized carbons (Fsp3) is 0.211. The Hall–Kier alpha value is -2.19. The highest BCUT2D eigenvalue weighted by Crippen LogP contribution is 2.22. The first kappa shape index (κ1) is 13.8. The zero-order chi connectivity index (χ0) is 14.7. The molecular formula is C19H20N2. The van der Waals surface area contributed by atoms with Gasteiger partial charge in [0.15, 0.2) is 0 Å². The number of nitrogens with one attached hydrogen (secondary N) is 1. The van der Waals surface area contributed by atoms with Crippen molar-refractivity contribution in [2.75, 3.05) is 0 Å². The molecule has 0 aliphatic carbocycles. The number of rotatable bonds is 4. The van der Waals surface area contributed by atoms with E-state index in [0.29, 0.717) is 0 Å². The molecule has 1 heterocycles. The fourth-order valence-electron chi connectivity index (χ4n) is 2.67. The average Bonchev–Trinajstić information content (AvgIpc) is 2.55. The summed E-state index contributed by atoms with van der Waals surface area (Å²) in [7, 11) is 0. The van der Waals surface area contributed by atoms with Gasteiger partial charge in [0.1, 0.15) is 0 Å². The Kier molecular flexibility index (Phi) is 3.98. The molecule has 1 aromatic heterocycles. The molecule has 1 N–H and O–H groups in total. The van der Waals surface area contributed by atoms with E-state index in [-0.39, 0.29) is 12.1 Å². The standard InChI is InChI=1S/C19H20N2/c1-14(21-15(2)19-9-5-6-12-20-19)17-11-10-16-7-3-4-8-18(16)13-17/h3-15,21H,1-2H3. The Morgan fingerprint density at radius 1 is 0.810 bits per heavy atom. The quantitative estimate of drug-likeness (QED) is 0.750. The molecule has 0 radical (unpaired) electrons. The van der Waals surface area contributed by atoms with Crippen molar-refractivity contribution in [3.8, 4) is 0 Å². The molecule has 0 aliphatic heterocycles. The van der Waals surface area contributed by atoms with Gasteiger partial charge in [-0.25, -0.2) is 0 Å². The topological polar surface area (TPSA) is 24.9 Å². The zero-order valence-electron chi connectivity index (χ0n) is 12.5. The minimum atomic E-state index is 0.229. The minimum Gasteiger partial charge on any atom is -0.302 e. The van der Waals surface area contributed by atoms with Crippen LogP contribution in [0.5, 0.6) is 0 Å². The van der Waals surface area contributed by atoms with Crippen LogP contribution >= 0.6 is 0 Å². The molecule has 0 fully saturated rings. The molecule has 3 aromatic rings. The lowest BCUT2D eigenvalue weighted by atomic mass is 10.0. The molecule has 2 heteroatoms. The van der Waals surface area contributed by atoms with Crippen molar-refractivity contribution in [3.63, 3.8) is 0 Å². The van der Waals surface area contributed by atoms with E-state index in [1.807, 2.05) is 18.3 Å². The van der Waals surface area contributed by atoms with Crippen LogP contribution in [-0.4, -0.2) is 4.98 Å². The zero-order valence-corrected chi connectivity index (χ0v) is 12.5. The van der Waals surface area contributed by atoms with E-state index in [4.69, 9.17) is 0 Å². The van der Waals surface area contributed by atoms with E-state index in [9.17, 15) is 0 Å². The first-order chi connectivity index (χ1) is 10.2.